The standard InChI is InChI=1S/C17H18N4OS2/c1-10-3-6-13(21(10)2)16-19-12(9-24-16)15(22)20-14(11-4-5-11)17-18-7-8-23-17/h3,6-9,11,14H,4-5H2,1-2H3,(H,20,22)/t14-/m1/s1. The van der Waals surface area contributed by atoms with Gasteiger partial charge in [-0.2, -0.15) is 0 Å². The molecule has 1 aliphatic rings. The third-order valence-corrected chi connectivity index (χ3v) is 6.15. The number of nitrogens with zero attached hydrogens (tertiary/aromatic N) is 3. The molecular weight excluding hydrogens is 340 g/mol. The molecule has 0 spiro atoms. The largest absolute Gasteiger partial charge is 0.346 e. The van der Waals surface area contributed by atoms with Crippen molar-refractivity contribution in [2.75, 3.05) is 0 Å². The Hall–Kier alpha value is -1.99. The van der Waals surface area contributed by atoms with Crippen LogP contribution in [0, 0.1) is 12.8 Å². The van der Waals surface area contributed by atoms with Crippen LogP contribution in [0.3, 0.4) is 0 Å². The summed E-state index contributed by atoms with van der Waals surface area (Å²) >= 11 is 3.10. The highest BCUT2D eigenvalue weighted by Gasteiger charge is 2.35. The normalized spacial score (nSPS) is 15.4. The van der Waals surface area contributed by atoms with E-state index in [1.54, 1.807) is 17.5 Å². The molecule has 3 aromatic rings. The fraction of sp³-hybridized carbons (Fsp3) is 0.353. The van der Waals surface area contributed by atoms with Gasteiger partial charge in [-0.05, 0) is 37.8 Å². The van der Waals surface area contributed by atoms with E-state index in [1.807, 2.05) is 23.9 Å². The Balaban J connectivity index is 1.54. The van der Waals surface area contributed by atoms with Gasteiger partial charge in [-0.25, -0.2) is 9.97 Å². The average molecular weight is 358 g/mol. The molecule has 1 fully saturated rings. The molecule has 3 heterocycles. The van der Waals surface area contributed by atoms with Gasteiger partial charge in [0.1, 0.15) is 15.7 Å². The van der Waals surface area contributed by atoms with Crippen LogP contribution in [0.5, 0.6) is 0 Å². The lowest BCUT2D eigenvalue weighted by molar-refractivity contribution is 0.0927. The number of hydrogen-bond donors (Lipinski definition) is 1. The van der Waals surface area contributed by atoms with Gasteiger partial charge in [-0.1, -0.05) is 0 Å². The minimum absolute atomic E-state index is 0.0138. The molecule has 1 saturated carbocycles. The number of carbonyl (C=O) groups is 1. The molecule has 0 saturated heterocycles. The first-order valence-electron chi connectivity index (χ1n) is 7.92. The van der Waals surface area contributed by atoms with Gasteiger partial charge in [0.15, 0.2) is 0 Å². The number of aromatic nitrogens is 3. The van der Waals surface area contributed by atoms with Gasteiger partial charge in [0, 0.05) is 29.7 Å². The van der Waals surface area contributed by atoms with Crippen LogP contribution in [-0.4, -0.2) is 20.4 Å². The molecule has 0 aliphatic heterocycles. The summed E-state index contributed by atoms with van der Waals surface area (Å²) in [4.78, 5) is 21.5. The molecule has 124 valence electrons. The first kappa shape index (κ1) is 15.5. The van der Waals surface area contributed by atoms with E-state index in [0.717, 1.165) is 28.6 Å². The van der Waals surface area contributed by atoms with Crippen molar-refractivity contribution in [1.82, 2.24) is 19.9 Å². The third kappa shape index (κ3) is 2.89. The van der Waals surface area contributed by atoms with Gasteiger partial charge in [0.25, 0.3) is 5.91 Å². The molecule has 0 radical (unpaired) electrons. The molecule has 1 N–H and O–H groups in total. The van der Waals surface area contributed by atoms with E-state index in [4.69, 9.17) is 0 Å². The molecule has 24 heavy (non-hydrogen) atoms. The van der Waals surface area contributed by atoms with Crippen molar-refractivity contribution in [3.63, 3.8) is 0 Å². The zero-order valence-electron chi connectivity index (χ0n) is 13.5. The lowest BCUT2D eigenvalue weighted by Crippen LogP contribution is -2.30. The molecular formula is C17H18N4OS2. The van der Waals surface area contributed by atoms with E-state index >= 15 is 0 Å². The average Bonchev–Trinajstić information content (AvgIpc) is 2.98. The molecule has 1 atom stereocenters. The Bertz CT molecular complexity index is 861. The Morgan fingerprint density at radius 3 is 2.83 bits per heavy atom. The maximum atomic E-state index is 12.6. The van der Waals surface area contributed by atoms with Crippen molar-refractivity contribution in [3.05, 3.63) is 45.5 Å². The number of hydrogen-bond acceptors (Lipinski definition) is 5. The Labute approximate surface area is 148 Å². The van der Waals surface area contributed by atoms with E-state index in [0.29, 0.717) is 11.6 Å². The fourth-order valence-electron chi connectivity index (χ4n) is 2.74. The molecule has 4 rings (SSSR count). The van der Waals surface area contributed by atoms with Gasteiger partial charge in [0.05, 0.1) is 11.7 Å². The van der Waals surface area contributed by atoms with Crippen LogP contribution in [0.1, 0.15) is 40.1 Å². The zero-order chi connectivity index (χ0) is 16.7. The van der Waals surface area contributed by atoms with Crippen LogP contribution in [0.4, 0.5) is 0 Å². The van der Waals surface area contributed by atoms with Crippen LogP contribution < -0.4 is 5.32 Å². The predicted octanol–water partition coefficient (Wildman–Crippen LogP) is 3.79. The number of thiazole rings is 2. The highest BCUT2D eigenvalue weighted by Crippen LogP contribution is 2.41. The van der Waals surface area contributed by atoms with E-state index in [-0.39, 0.29) is 11.9 Å². The maximum Gasteiger partial charge on any atom is 0.271 e. The highest BCUT2D eigenvalue weighted by molar-refractivity contribution is 7.13. The summed E-state index contributed by atoms with van der Waals surface area (Å²) in [5.41, 5.74) is 2.69. The Morgan fingerprint density at radius 1 is 1.38 bits per heavy atom. The molecule has 1 aliphatic carbocycles. The quantitative estimate of drug-likeness (QED) is 0.755. The highest BCUT2D eigenvalue weighted by atomic mass is 32.1. The Morgan fingerprint density at radius 2 is 2.21 bits per heavy atom. The second kappa shape index (κ2) is 6.14. The second-order valence-electron chi connectivity index (χ2n) is 6.12. The molecule has 7 heteroatoms. The topological polar surface area (TPSA) is 59.8 Å². The zero-order valence-corrected chi connectivity index (χ0v) is 15.2. The van der Waals surface area contributed by atoms with Crippen molar-refractivity contribution in [3.8, 4) is 10.7 Å². The fourth-order valence-corrected chi connectivity index (χ4v) is 4.38. The predicted molar refractivity (Wildman–Crippen MR) is 96.3 cm³/mol. The number of amides is 1. The molecule has 0 aromatic carbocycles. The monoisotopic (exact) mass is 358 g/mol. The van der Waals surface area contributed by atoms with Crippen LogP contribution >= 0.6 is 22.7 Å². The van der Waals surface area contributed by atoms with E-state index in [2.05, 4.69) is 32.8 Å². The smallest absolute Gasteiger partial charge is 0.271 e. The van der Waals surface area contributed by atoms with Crippen molar-refractivity contribution in [2.24, 2.45) is 13.0 Å². The number of nitrogens with one attached hydrogen (secondary N) is 1. The minimum atomic E-state index is -0.115. The van der Waals surface area contributed by atoms with Crippen LogP contribution in [0.25, 0.3) is 10.7 Å². The van der Waals surface area contributed by atoms with Crippen LogP contribution in [-0.2, 0) is 7.05 Å². The van der Waals surface area contributed by atoms with Crippen molar-refractivity contribution in [2.45, 2.75) is 25.8 Å². The minimum Gasteiger partial charge on any atom is -0.346 e. The summed E-state index contributed by atoms with van der Waals surface area (Å²) < 4.78 is 2.09. The van der Waals surface area contributed by atoms with E-state index < -0.39 is 0 Å². The first-order valence-corrected chi connectivity index (χ1v) is 9.68. The maximum absolute atomic E-state index is 12.6. The number of carbonyl (C=O) groups excluding carboxylic acids is 1. The van der Waals surface area contributed by atoms with E-state index in [9.17, 15) is 4.79 Å². The summed E-state index contributed by atoms with van der Waals surface area (Å²) in [6, 6.07) is 4.11. The molecule has 0 unspecified atom stereocenters. The van der Waals surface area contributed by atoms with Crippen molar-refractivity contribution in [1.29, 1.82) is 0 Å². The second-order valence-corrected chi connectivity index (χ2v) is 7.90. The number of rotatable bonds is 5. The molecule has 5 nitrogen and oxygen atoms in total. The van der Waals surface area contributed by atoms with Crippen molar-refractivity contribution < 1.29 is 4.79 Å². The molecule has 1 amide bonds. The molecule has 0 bridgehead atoms. The van der Waals surface area contributed by atoms with Gasteiger partial charge < -0.3 is 9.88 Å². The summed E-state index contributed by atoms with van der Waals surface area (Å²) in [5, 5.41) is 8.77. The molecule has 3 aromatic heterocycles. The SMILES string of the molecule is Cc1ccc(-c2nc(C(=O)N[C@@H](c3nccs3)C3CC3)cs2)n1C. The summed E-state index contributed by atoms with van der Waals surface area (Å²) in [5.74, 6) is 0.393. The lowest BCUT2D eigenvalue weighted by atomic mass is 10.2. The van der Waals surface area contributed by atoms with Gasteiger partial charge >= 0.3 is 0 Å². The van der Waals surface area contributed by atoms with Crippen LogP contribution in [0.15, 0.2) is 29.1 Å². The summed E-state index contributed by atoms with van der Waals surface area (Å²) in [7, 11) is 2.01. The van der Waals surface area contributed by atoms with Gasteiger partial charge in [0.2, 0.25) is 0 Å². The van der Waals surface area contributed by atoms with Crippen LogP contribution in [0.2, 0.25) is 0 Å². The Kier molecular flexibility index (Phi) is 3.97. The van der Waals surface area contributed by atoms with Gasteiger partial charge in [-0.15, -0.1) is 22.7 Å². The first-order chi connectivity index (χ1) is 11.6. The van der Waals surface area contributed by atoms with Crippen molar-refractivity contribution >= 4 is 28.6 Å². The van der Waals surface area contributed by atoms with E-state index in [1.165, 1.54) is 17.0 Å². The third-order valence-electron chi connectivity index (χ3n) is 4.43. The summed E-state index contributed by atoms with van der Waals surface area (Å²) in [6.07, 6.45) is 4.09. The number of aryl methyl sites for hydroxylation is 1. The lowest BCUT2D eigenvalue weighted by Gasteiger charge is -2.14. The summed E-state index contributed by atoms with van der Waals surface area (Å²) in [6.45, 7) is 2.05. The van der Waals surface area contributed by atoms with Gasteiger partial charge in [-0.3, -0.25) is 4.79 Å².